The molecule has 0 aliphatic carbocycles. The second kappa shape index (κ2) is 4.88. The second-order valence-corrected chi connectivity index (χ2v) is 2.52. The first kappa shape index (κ1) is 10.9. The van der Waals surface area contributed by atoms with Crippen molar-refractivity contribution >= 4 is 5.69 Å². The van der Waals surface area contributed by atoms with Crippen molar-refractivity contribution in [2.24, 2.45) is 5.73 Å². The van der Waals surface area contributed by atoms with Crippen molar-refractivity contribution in [2.45, 2.75) is 0 Å². The maximum Gasteiger partial charge on any atom is 0.348 e. The average Bonchev–Trinajstić information content (AvgIpc) is 2.25. The summed E-state index contributed by atoms with van der Waals surface area (Å²) in [5.41, 5.74) is 4.68. The Morgan fingerprint density at radius 1 is 1.73 bits per heavy atom. The first-order valence-electron chi connectivity index (χ1n) is 4.07. The van der Waals surface area contributed by atoms with E-state index in [9.17, 15) is 10.1 Å². The summed E-state index contributed by atoms with van der Waals surface area (Å²) in [5, 5.41) is 19.3. The predicted molar refractivity (Wildman–Crippen MR) is 50.2 cm³/mol. The standard InChI is InChI=1S/C8H8N4O3/c9-2-4-15-8-7(12(13)14)6(5-10)1-3-11-8/h1,3H,2,4,9H2. The van der Waals surface area contributed by atoms with E-state index in [0.717, 1.165) is 0 Å². The van der Waals surface area contributed by atoms with Gasteiger partial charge in [0.15, 0.2) is 0 Å². The molecule has 0 bridgehead atoms. The summed E-state index contributed by atoms with van der Waals surface area (Å²) >= 11 is 0. The molecule has 0 atom stereocenters. The zero-order valence-electron chi connectivity index (χ0n) is 7.71. The number of rotatable bonds is 4. The third-order valence-electron chi connectivity index (χ3n) is 1.55. The quantitative estimate of drug-likeness (QED) is 0.558. The van der Waals surface area contributed by atoms with E-state index in [1.807, 2.05) is 0 Å². The van der Waals surface area contributed by atoms with E-state index in [2.05, 4.69) is 4.98 Å². The highest BCUT2D eigenvalue weighted by Gasteiger charge is 2.22. The summed E-state index contributed by atoms with van der Waals surface area (Å²) in [6.45, 7) is 0.332. The number of ether oxygens (including phenoxy) is 1. The van der Waals surface area contributed by atoms with Gasteiger partial charge in [-0.2, -0.15) is 5.26 Å². The van der Waals surface area contributed by atoms with Crippen molar-refractivity contribution in [2.75, 3.05) is 13.2 Å². The van der Waals surface area contributed by atoms with Crippen molar-refractivity contribution in [3.8, 4) is 11.9 Å². The molecule has 7 nitrogen and oxygen atoms in total. The first-order valence-corrected chi connectivity index (χ1v) is 4.07. The molecule has 1 aromatic rings. The largest absolute Gasteiger partial charge is 0.471 e. The summed E-state index contributed by atoms with van der Waals surface area (Å²) in [5.74, 6) is -0.176. The molecule has 0 aliphatic rings. The van der Waals surface area contributed by atoms with Gasteiger partial charge in [-0.15, -0.1) is 0 Å². The maximum atomic E-state index is 10.7. The van der Waals surface area contributed by atoms with Crippen LogP contribution in [0.15, 0.2) is 12.3 Å². The monoisotopic (exact) mass is 208 g/mol. The number of nitrogens with two attached hydrogens (primary N) is 1. The fraction of sp³-hybridized carbons (Fsp3) is 0.250. The molecule has 0 amide bonds. The lowest BCUT2D eigenvalue weighted by atomic mass is 10.2. The van der Waals surface area contributed by atoms with Crippen LogP contribution in [0.2, 0.25) is 0 Å². The third kappa shape index (κ3) is 2.38. The van der Waals surface area contributed by atoms with Gasteiger partial charge in [-0.1, -0.05) is 0 Å². The average molecular weight is 208 g/mol. The van der Waals surface area contributed by atoms with Gasteiger partial charge in [-0.05, 0) is 6.07 Å². The van der Waals surface area contributed by atoms with Crippen molar-refractivity contribution in [3.05, 3.63) is 27.9 Å². The Morgan fingerprint density at radius 2 is 2.47 bits per heavy atom. The van der Waals surface area contributed by atoms with E-state index in [0.29, 0.717) is 0 Å². The molecule has 0 spiro atoms. The van der Waals surface area contributed by atoms with Gasteiger partial charge in [0.25, 0.3) is 5.88 Å². The molecule has 15 heavy (non-hydrogen) atoms. The minimum atomic E-state index is -0.697. The summed E-state index contributed by atoms with van der Waals surface area (Å²) in [4.78, 5) is 13.6. The Labute approximate surface area is 85.2 Å². The molecule has 0 fully saturated rings. The highest BCUT2D eigenvalue weighted by Crippen LogP contribution is 2.27. The lowest BCUT2D eigenvalue weighted by molar-refractivity contribution is -0.386. The van der Waals surface area contributed by atoms with Crippen LogP contribution in [0.3, 0.4) is 0 Å². The fourth-order valence-electron chi connectivity index (χ4n) is 0.963. The lowest BCUT2D eigenvalue weighted by Gasteiger charge is -2.03. The number of hydrogen-bond donors (Lipinski definition) is 1. The smallest absolute Gasteiger partial charge is 0.348 e. The van der Waals surface area contributed by atoms with Crippen LogP contribution in [0.5, 0.6) is 5.88 Å². The summed E-state index contributed by atoms with van der Waals surface area (Å²) < 4.78 is 4.96. The number of aromatic nitrogens is 1. The Morgan fingerprint density at radius 3 is 3.00 bits per heavy atom. The summed E-state index contributed by atoms with van der Waals surface area (Å²) in [6, 6.07) is 2.96. The number of nitriles is 1. The maximum absolute atomic E-state index is 10.7. The molecule has 7 heteroatoms. The van der Waals surface area contributed by atoms with Crippen LogP contribution in [-0.4, -0.2) is 23.1 Å². The van der Waals surface area contributed by atoms with Gasteiger partial charge < -0.3 is 10.5 Å². The second-order valence-electron chi connectivity index (χ2n) is 2.52. The summed E-state index contributed by atoms with van der Waals surface area (Å²) in [6.07, 6.45) is 1.28. The Balaban J connectivity index is 3.15. The summed E-state index contributed by atoms with van der Waals surface area (Å²) in [7, 11) is 0. The number of hydrogen-bond acceptors (Lipinski definition) is 6. The normalized spacial score (nSPS) is 9.33. The molecule has 0 unspecified atom stereocenters. The molecular formula is C8H8N4O3. The Hall–Kier alpha value is -2.20. The van der Waals surface area contributed by atoms with Gasteiger partial charge in [-0.25, -0.2) is 4.98 Å². The SMILES string of the molecule is N#Cc1ccnc(OCCN)c1[N+](=O)[O-]. The number of pyridine rings is 1. The van der Waals surface area contributed by atoms with E-state index in [-0.39, 0.29) is 24.6 Å². The Bertz CT molecular complexity index is 413. The molecule has 0 saturated carbocycles. The van der Waals surface area contributed by atoms with Gasteiger partial charge in [0.2, 0.25) is 0 Å². The van der Waals surface area contributed by atoms with Crippen LogP contribution in [0.4, 0.5) is 5.69 Å². The third-order valence-corrected chi connectivity index (χ3v) is 1.55. The molecule has 1 aromatic heterocycles. The van der Waals surface area contributed by atoms with E-state index in [1.165, 1.54) is 12.3 Å². The van der Waals surface area contributed by atoms with Gasteiger partial charge in [0.05, 0.1) is 4.92 Å². The molecule has 0 aliphatic heterocycles. The van der Waals surface area contributed by atoms with Crippen molar-refractivity contribution in [1.82, 2.24) is 4.98 Å². The zero-order valence-corrected chi connectivity index (χ0v) is 7.71. The van der Waals surface area contributed by atoms with Crippen LogP contribution in [0.25, 0.3) is 0 Å². The van der Waals surface area contributed by atoms with E-state index in [4.69, 9.17) is 15.7 Å². The Kier molecular flexibility index (Phi) is 3.54. The molecule has 0 aromatic carbocycles. The zero-order chi connectivity index (χ0) is 11.3. The molecule has 1 rings (SSSR count). The molecule has 2 N–H and O–H groups in total. The van der Waals surface area contributed by atoms with Crippen LogP contribution in [0, 0.1) is 21.4 Å². The van der Waals surface area contributed by atoms with Crippen LogP contribution in [0.1, 0.15) is 5.56 Å². The van der Waals surface area contributed by atoms with Crippen molar-refractivity contribution in [1.29, 1.82) is 5.26 Å². The number of nitro groups is 1. The molecule has 1 heterocycles. The van der Waals surface area contributed by atoms with Crippen LogP contribution < -0.4 is 10.5 Å². The van der Waals surface area contributed by atoms with E-state index < -0.39 is 10.6 Å². The van der Waals surface area contributed by atoms with E-state index in [1.54, 1.807) is 6.07 Å². The molecular weight excluding hydrogens is 200 g/mol. The van der Waals surface area contributed by atoms with Gasteiger partial charge >= 0.3 is 5.69 Å². The van der Waals surface area contributed by atoms with Gasteiger partial charge in [0, 0.05) is 12.7 Å². The highest BCUT2D eigenvalue weighted by atomic mass is 16.6. The predicted octanol–water partition coefficient (Wildman–Crippen LogP) is 0.199. The van der Waals surface area contributed by atoms with Crippen molar-refractivity contribution in [3.63, 3.8) is 0 Å². The van der Waals surface area contributed by atoms with Gasteiger partial charge in [0.1, 0.15) is 18.2 Å². The fourth-order valence-corrected chi connectivity index (χ4v) is 0.963. The molecule has 0 radical (unpaired) electrons. The van der Waals surface area contributed by atoms with Crippen LogP contribution >= 0.6 is 0 Å². The van der Waals surface area contributed by atoms with E-state index >= 15 is 0 Å². The number of nitrogens with zero attached hydrogens (tertiary/aromatic N) is 3. The molecule has 78 valence electrons. The molecule has 0 saturated heterocycles. The topological polar surface area (TPSA) is 115 Å². The minimum absolute atomic E-state index is 0.0815. The lowest BCUT2D eigenvalue weighted by Crippen LogP contribution is -2.12. The van der Waals surface area contributed by atoms with Crippen molar-refractivity contribution < 1.29 is 9.66 Å². The first-order chi connectivity index (χ1) is 7.20. The highest BCUT2D eigenvalue weighted by molar-refractivity contribution is 5.54. The van der Waals surface area contributed by atoms with Crippen LogP contribution in [-0.2, 0) is 0 Å². The minimum Gasteiger partial charge on any atom is -0.471 e. The van der Waals surface area contributed by atoms with Gasteiger partial charge in [-0.3, -0.25) is 10.1 Å².